The molecule has 160 valence electrons. The van der Waals surface area contributed by atoms with Crippen LogP contribution in [0.4, 0.5) is 14.5 Å². The topological polar surface area (TPSA) is 53.5 Å². The lowest BCUT2D eigenvalue weighted by Gasteiger charge is -2.34. The molecule has 4 rings (SSSR count). The van der Waals surface area contributed by atoms with E-state index in [9.17, 15) is 18.4 Å². The number of aromatic nitrogens is 1. The van der Waals surface area contributed by atoms with E-state index in [-0.39, 0.29) is 30.0 Å². The molecule has 0 bridgehead atoms. The molecule has 0 radical (unpaired) electrons. The minimum absolute atomic E-state index is 0.0224. The number of piperidine rings is 1. The summed E-state index contributed by atoms with van der Waals surface area (Å²) in [7, 11) is 0. The van der Waals surface area contributed by atoms with E-state index >= 15 is 0 Å². The number of carbonyl (C=O) groups excluding carboxylic acids is 2. The fraction of sp³-hybridized carbons (Fsp3) is 0.261. The van der Waals surface area contributed by atoms with Gasteiger partial charge in [-0.15, -0.1) is 11.3 Å². The molecule has 1 aromatic carbocycles. The van der Waals surface area contributed by atoms with Crippen molar-refractivity contribution < 1.29 is 18.4 Å². The average molecular weight is 442 g/mol. The summed E-state index contributed by atoms with van der Waals surface area (Å²) in [5.74, 6) is -2.14. The van der Waals surface area contributed by atoms with Crippen molar-refractivity contribution in [2.75, 3.05) is 18.0 Å². The summed E-state index contributed by atoms with van der Waals surface area (Å²) in [4.78, 5) is 33.9. The summed E-state index contributed by atoms with van der Waals surface area (Å²) >= 11 is 1.39. The predicted molar refractivity (Wildman–Crippen MR) is 115 cm³/mol. The zero-order valence-corrected chi connectivity index (χ0v) is 17.5. The SMILES string of the molecule is O=C(c1cccs1)N1CCC(C(=O)N(Cc2ccccn2)c2ccc(F)cc2F)CC1. The monoisotopic (exact) mass is 441 g/mol. The molecule has 0 spiro atoms. The van der Waals surface area contributed by atoms with Crippen molar-refractivity contribution in [1.29, 1.82) is 0 Å². The molecule has 2 amide bonds. The van der Waals surface area contributed by atoms with Crippen LogP contribution >= 0.6 is 11.3 Å². The number of nitrogens with zero attached hydrogens (tertiary/aromatic N) is 3. The first kappa shape index (κ1) is 21.1. The highest BCUT2D eigenvalue weighted by atomic mass is 32.1. The predicted octanol–water partition coefficient (Wildman–Crippen LogP) is 4.51. The molecule has 0 saturated carbocycles. The molecule has 0 N–H and O–H groups in total. The number of amides is 2. The van der Waals surface area contributed by atoms with Crippen LogP contribution in [-0.4, -0.2) is 34.8 Å². The first-order chi connectivity index (χ1) is 15.0. The van der Waals surface area contributed by atoms with Crippen molar-refractivity contribution in [2.24, 2.45) is 5.92 Å². The molecule has 3 aromatic rings. The molecule has 1 saturated heterocycles. The van der Waals surface area contributed by atoms with Crippen LogP contribution in [0.1, 0.15) is 28.2 Å². The van der Waals surface area contributed by atoms with Gasteiger partial charge in [0.2, 0.25) is 5.91 Å². The lowest BCUT2D eigenvalue weighted by atomic mass is 9.94. The Hall–Kier alpha value is -3.13. The lowest BCUT2D eigenvalue weighted by Crippen LogP contribution is -2.44. The second-order valence-electron chi connectivity index (χ2n) is 7.38. The van der Waals surface area contributed by atoms with Gasteiger partial charge in [0, 0.05) is 31.3 Å². The highest BCUT2D eigenvalue weighted by Crippen LogP contribution is 2.28. The molecular weight excluding hydrogens is 420 g/mol. The number of pyridine rings is 1. The van der Waals surface area contributed by atoms with E-state index in [2.05, 4.69) is 4.98 Å². The van der Waals surface area contributed by atoms with E-state index in [4.69, 9.17) is 0 Å². The molecule has 5 nitrogen and oxygen atoms in total. The summed E-state index contributed by atoms with van der Waals surface area (Å²) in [5, 5.41) is 1.86. The number of thiophene rings is 1. The summed E-state index contributed by atoms with van der Waals surface area (Å²) in [6.45, 7) is 0.990. The van der Waals surface area contributed by atoms with E-state index in [1.807, 2.05) is 11.4 Å². The van der Waals surface area contributed by atoms with Crippen LogP contribution in [0.25, 0.3) is 0 Å². The average Bonchev–Trinajstić information content (AvgIpc) is 3.33. The van der Waals surface area contributed by atoms with Gasteiger partial charge in [0.1, 0.15) is 11.6 Å². The van der Waals surface area contributed by atoms with Gasteiger partial charge in [-0.25, -0.2) is 8.78 Å². The van der Waals surface area contributed by atoms with Crippen LogP contribution in [0.2, 0.25) is 0 Å². The minimum Gasteiger partial charge on any atom is -0.338 e. The van der Waals surface area contributed by atoms with Gasteiger partial charge in [0.25, 0.3) is 5.91 Å². The van der Waals surface area contributed by atoms with Gasteiger partial charge in [-0.1, -0.05) is 12.1 Å². The quantitative estimate of drug-likeness (QED) is 0.586. The summed E-state index contributed by atoms with van der Waals surface area (Å²) < 4.78 is 28.0. The van der Waals surface area contributed by atoms with Crippen LogP contribution in [-0.2, 0) is 11.3 Å². The van der Waals surface area contributed by atoms with Crippen molar-refractivity contribution in [2.45, 2.75) is 19.4 Å². The van der Waals surface area contributed by atoms with Gasteiger partial charge in [0.05, 0.1) is 22.8 Å². The number of anilines is 1. The van der Waals surface area contributed by atoms with Crippen molar-refractivity contribution in [1.82, 2.24) is 9.88 Å². The molecular formula is C23H21F2N3O2S. The van der Waals surface area contributed by atoms with Crippen molar-refractivity contribution in [3.63, 3.8) is 0 Å². The van der Waals surface area contributed by atoms with Crippen molar-refractivity contribution in [3.05, 3.63) is 82.3 Å². The Kier molecular flexibility index (Phi) is 6.36. The maximum absolute atomic E-state index is 14.5. The molecule has 2 aromatic heterocycles. The highest BCUT2D eigenvalue weighted by molar-refractivity contribution is 7.12. The maximum atomic E-state index is 14.5. The molecule has 0 unspecified atom stereocenters. The van der Waals surface area contributed by atoms with Crippen molar-refractivity contribution in [3.8, 4) is 0 Å². The van der Waals surface area contributed by atoms with Gasteiger partial charge in [-0.2, -0.15) is 0 Å². The molecule has 8 heteroatoms. The van der Waals surface area contributed by atoms with Crippen LogP contribution in [0.3, 0.4) is 0 Å². The number of halogens is 2. The van der Waals surface area contributed by atoms with E-state index in [1.165, 1.54) is 22.3 Å². The van der Waals surface area contributed by atoms with Crippen molar-refractivity contribution >= 4 is 28.8 Å². The molecule has 0 atom stereocenters. The Bertz CT molecular complexity index is 1050. The molecule has 3 heterocycles. The highest BCUT2D eigenvalue weighted by Gasteiger charge is 2.32. The zero-order valence-electron chi connectivity index (χ0n) is 16.7. The summed E-state index contributed by atoms with van der Waals surface area (Å²) in [6.07, 6.45) is 2.57. The molecule has 1 aliphatic rings. The van der Waals surface area contributed by atoms with E-state index in [1.54, 1.807) is 35.4 Å². The van der Waals surface area contributed by atoms with E-state index in [0.29, 0.717) is 36.5 Å². The minimum atomic E-state index is -0.797. The number of carbonyl (C=O) groups is 2. The number of hydrogen-bond donors (Lipinski definition) is 0. The fourth-order valence-corrected chi connectivity index (χ4v) is 4.43. The normalized spacial score (nSPS) is 14.5. The maximum Gasteiger partial charge on any atom is 0.263 e. The van der Waals surface area contributed by atoms with Gasteiger partial charge in [-0.05, 0) is 48.6 Å². The van der Waals surface area contributed by atoms with Gasteiger partial charge in [-0.3, -0.25) is 14.6 Å². The summed E-state index contributed by atoms with van der Waals surface area (Å²) in [5.41, 5.74) is 0.624. The Morgan fingerprint density at radius 2 is 1.90 bits per heavy atom. The molecule has 31 heavy (non-hydrogen) atoms. The van der Waals surface area contributed by atoms with E-state index in [0.717, 1.165) is 12.1 Å². The first-order valence-corrected chi connectivity index (χ1v) is 10.9. The Labute approximate surface area is 182 Å². The number of hydrogen-bond acceptors (Lipinski definition) is 4. The number of benzene rings is 1. The smallest absolute Gasteiger partial charge is 0.263 e. The number of rotatable bonds is 5. The molecule has 1 fully saturated rings. The Morgan fingerprint density at radius 3 is 2.55 bits per heavy atom. The van der Waals surface area contributed by atoms with Crippen LogP contribution in [0, 0.1) is 17.6 Å². The zero-order chi connectivity index (χ0) is 21.8. The van der Waals surface area contributed by atoms with Crippen LogP contribution in [0.15, 0.2) is 60.1 Å². The fourth-order valence-electron chi connectivity index (χ4n) is 3.74. The Balaban J connectivity index is 1.51. The largest absolute Gasteiger partial charge is 0.338 e. The van der Waals surface area contributed by atoms with Gasteiger partial charge in [0.15, 0.2) is 0 Å². The van der Waals surface area contributed by atoms with Crippen LogP contribution < -0.4 is 4.90 Å². The van der Waals surface area contributed by atoms with E-state index < -0.39 is 11.6 Å². The second-order valence-corrected chi connectivity index (χ2v) is 8.33. The Morgan fingerprint density at radius 1 is 1.10 bits per heavy atom. The summed E-state index contributed by atoms with van der Waals surface area (Å²) in [6, 6.07) is 12.1. The van der Waals surface area contributed by atoms with Gasteiger partial charge < -0.3 is 9.80 Å². The number of likely N-dealkylation sites (tertiary alicyclic amines) is 1. The standard InChI is InChI=1S/C23H21F2N3O2S/c24-17-6-7-20(19(25)14-17)28(15-18-4-1-2-10-26-18)22(29)16-8-11-27(12-9-16)23(30)21-5-3-13-31-21/h1-7,10,13-14,16H,8-9,11-12,15H2. The van der Waals surface area contributed by atoms with Gasteiger partial charge >= 0.3 is 0 Å². The third-order valence-electron chi connectivity index (χ3n) is 5.38. The molecule has 0 aliphatic carbocycles. The van der Waals surface area contributed by atoms with Crippen LogP contribution in [0.5, 0.6) is 0 Å². The molecule has 1 aliphatic heterocycles. The lowest BCUT2D eigenvalue weighted by molar-refractivity contribution is -0.123. The third-order valence-corrected chi connectivity index (χ3v) is 6.23. The third kappa shape index (κ3) is 4.80. The first-order valence-electron chi connectivity index (χ1n) is 10.0. The second kappa shape index (κ2) is 9.34.